The third-order valence-corrected chi connectivity index (χ3v) is 5.88. The fourth-order valence-electron chi connectivity index (χ4n) is 3.18. The Morgan fingerprint density at radius 1 is 1.29 bits per heavy atom. The number of ether oxygens (including phenoxy) is 2. The normalized spacial score (nSPS) is 22.0. The zero-order valence-corrected chi connectivity index (χ0v) is 14.6. The Morgan fingerprint density at radius 2 is 2.00 bits per heavy atom. The second-order valence-electron chi connectivity index (χ2n) is 6.50. The smallest absolute Gasteiger partial charge is 0.319 e. The summed E-state index contributed by atoms with van der Waals surface area (Å²) in [5.74, 6) is 0.376. The molecule has 8 heteroatoms. The highest BCUT2D eigenvalue weighted by Gasteiger charge is 2.55. The average Bonchev–Trinajstić information content (AvgIpc) is 3.17. The zero-order valence-electron chi connectivity index (χ0n) is 13.8. The van der Waals surface area contributed by atoms with Gasteiger partial charge in [0.25, 0.3) is 0 Å². The topological polar surface area (TPSA) is 93.7 Å². The Morgan fingerprint density at radius 3 is 2.62 bits per heavy atom. The molecule has 1 saturated carbocycles. The van der Waals surface area contributed by atoms with Crippen LogP contribution in [0.25, 0.3) is 0 Å². The largest absolute Gasteiger partial charge is 0.497 e. The van der Waals surface area contributed by atoms with Gasteiger partial charge in [0.2, 0.25) is 0 Å². The van der Waals surface area contributed by atoms with E-state index in [1.165, 1.54) is 19.2 Å². The van der Waals surface area contributed by atoms with Crippen molar-refractivity contribution in [3.8, 4) is 5.75 Å². The molecule has 1 unspecified atom stereocenters. The molecule has 1 atom stereocenters. The fraction of sp³-hybridized carbons (Fsp3) is 0.562. The quantitative estimate of drug-likeness (QED) is 0.860. The van der Waals surface area contributed by atoms with Gasteiger partial charge in [-0.1, -0.05) is 0 Å². The summed E-state index contributed by atoms with van der Waals surface area (Å²) in [6, 6.07) is 4.26. The van der Waals surface area contributed by atoms with Gasteiger partial charge in [-0.05, 0) is 36.8 Å². The van der Waals surface area contributed by atoms with Gasteiger partial charge in [0, 0.05) is 37.3 Å². The molecule has 1 heterocycles. The van der Waals surface area contributed by atoms with E-state index >= 15 is 0 Å². The first kappa shape index (κ1) is 17.0. The zero-order chi connectivity index (χ0) is 17.4. The lowest BCUT2D eigenvalue weighted by atomic mass is 9.96. The minimum absolute atomic E-state index is 0.101. The summed E-state index contributed by atoms with van der Waals surface area (Å²) in [7, 11) is -1.94. The number of sulfone groups is 1. The number of anilines is 1. The highest BCUT2D eigenvalue weighted by atomic mass is 32.2. The van der Waals surface area contributed by atoms with Crippen molar-refractivity contribution >= 4 is 21.6 Å². The number of hydrogen-bond acceptors (Lipinski definition) is 5. The molecule has 1 aliphatic carbocycles. The van der Waals surface area contributed by atoms with Crippen molar-refractivity contribution in [1.29, 1.82) is 0 Å². The van der Waals surface area contributed by atoms with Gasteiger partial charge in [0.05, 0.1) is 12.0 Å². The van der Waals surface area contributed by atoms with Crippen molar-refractivity contribution < 1.29 is 22.7 Å². The molecule has 2 amide bonds. The number of hydrogen-bond donors (Lipinski definition) is 2. The molecule has 0 radical (unpaired) electrons. The number of carbonyl (C=O) groups excluding carboxylic acids is 1. The molecule has 24 heavy (non-hydrogen) atoms. The second-order valence-corrected chi connectivity index (χ2v) is 8.52. The van der Waals surface area contributed by atoms with Gasteiger partial charge in [-0.25, -0.2) is 13.2 Å². The van der Waals surface area contributed by atoms with Crippen molar-refractivity contribution in [3.63, 3.8) is 0 Å². The van der Waals surface area contributed by atoms with Gasteiger partial charge in [-0.3, -0.25) is 0 Å². The van der Waals surface area contributed by atoms with Gasteiger partial charge < -0.3 is 20.1 Å². The predicted octanol–water partition coefficient (Wildman–Crippen LogP) is 1.79. The van der Waals surface area contributed by atoms with Crippen molar-refractivity contribution in [1.82, 2.24) is 5.32 Å². The summed E-state index contributed by atoms with van der Waals surface area (Å²) in [4.78, 5) is 12.3. The summed E-state index contributed by atoms with van der Waals surface area (Å²) in [5.41, 5.74) is 0.566. The van der Waals surface area contributed by atoms with Gasteiger partial charge in [-0.15, -0.1) is 0 Å². The SMILES string of the molecule is COc1cc(NC(=O)NC2CC23CCOCC3)cc(S(C)(=O)=O)c1. The molecule has 2 fully saturated rings. The molecule has 2 N–H and O–H groups in total. The number of carbonyl (C=O) groups is 1. The molecule has 0 bridgehead atoms. The van der Waals surface area contributed by atoms with E-state index in [0.29, 0.717) is 11.4 Å². The lowest BCUT2D eigenvalue weighted by Gasteiger charge is -2.23. The molecule has 3 rings (SSSR count). The Balaban J connectivity index is 1.66. The van der Waals surface area contributed by atoms with E-state index < -0.39 is 9.84 Å². The molecular weight excluding hydrogens is 332 g/mol. The van der Waals surface area contributed by atoms with E-state index in [-0.39, 0.29) is 22.4 Å². The molecule has 1 aromatic carbocycles. The predicted molar refractivity (Wildman–Crippen MR) is 89.1 cm³/mol. The summed E-state index contributed by atoms with van der Waals surface area (Å²) in [6.07, 6.45) is 4.02. The van der Waals surface area contributed by atoms with E-state index in [0.717, 1.165) is 38.7 Å². The standard InChI is InChI=1S/C16H22N2O5S/c1-22-12-7-11(8-13(9-12)24(2,20)21)17-15(19)18-14-10-16(14)3-5-23-6-4-16/h7-9,14H,3-6,10H2,1-2H3,(H2,17,18,19). The van der Waals surface area contributed by atoms with Crippen molar-refractivity contribution in [2.75, 3.05) is 31.9 Å². The van der Waals surface area contributed by atoms with Crippen LogP contribution in [0.4, 0.5) is 10.5 Å². The number of benzene rings is 1. The lowest BCUT2D eigenvalue weighted by Crippen LogP contribution is -2.35. The van der Waals surface area contributed by atoms with Crippen LogP contribution < -0.4 is 15.4 Å². The Kier molecular flexibility index (Phi) is 4.44. The first-order valence-electron chi connectivity index (χ1n) is 7.87. The average molecular weight is 354 g/mol. The van der Waals surface area contributed by atoms with Crippen LogP contribution in [-0.2, 0) is 14.6 Å². The summed E-state index contributed by atoms with van der Waals surface area (Å²) in [5, 5.41) is 5.66. The van der Waals surface area contributed by atoms with Gasteiger partial charge in [0.1, 0.15) is 5.75 Å². The van der Waals surface area contributed by atoms with E-state index in [1.54, 1.807) is 6.07 Å². The Bertz CT molecular complexity index is 741. The maximum atomic E-state index is 12.2. The first-order valence-corrected chi connectivity index (χ1v) is 9.76. The number of nitrogens with one attached hydrogen (secondary N) is 2. The number of methoxy groups -OCH3 is 1. The van der Waals surface area contributed by atoms with Crippen LogP contribution in [-0.4, -0.2) is 47.1 Å². The fourth-order valence-corrected chi connectivity index (χ4v) is 3.85. The second kappa shape index (κ2) is 6.25. The molecular formula is C16H22N2O5S. The van der Waals surface area contributed by atoms with Crippen LogP contribution >= 0.6 is 0 Å². The van der Waals surface area contributed by atoms with Gasteiger partial charge in [-0.2, -0.15) is 0 Å². The minimum Gasteiger partial charge on any atom is -0.497 e. The number of amides is 2. The molecule has 1 aromatic rings. The Labute approximate surface area is 141 Å². The van der Waals surface area contributed by atoms with E-state index in [2.05, 4.69) is 10.6 Å². The van der Waals surface area contributed by atoms with Crippen LogP contribution in [0.2, 0.25) is 0 Å². The third-order valence-electron chi connectivity index (χ3n) is 4.79. The molecule has 132 valence electrons. The summed E-state index contributed by atoms with van der Waals surface area (Å²) in [6.45, 7) is 1.49. The monoisotopic (exact) mass is 354 g/mol. The Hall–Kier alpha value is -1.80. The molecule has 2 aliphatic rings. The van der Waals surface area contributed by atoms with Crippen LogP contribution in [0, 0.1) is 5.41 Å². The van der Waals surface area contributed by atoms with Crippen molar-refractivity contribution in [2.24, 2.45) is 5.41 Å². The van der Waals surface area contributed by atoms with E-state index in [4.69, 9.17) is 9.47 Å². The summed E-state index contributed by atoms with van der Waals surface area (Å²) >= 11 is 0. The minimum atomic E-state index is -3.39. The highest BCUT2D eigenvalue weighted by molar-refractivity contribution is 7.90. The highest BCUT2D eigenvalue weighted by Crippen LogP contribution is 2.53. The number of rotatable bonds is 4. The van der Waals surface area contributed by atoms with E-state index in [1.807, 2.05) is 0 Å². The maximum absolute atomic E-state index is 12.2. The number of urea groups is 1. The maximum Gasteiger partial charge on any atom is 0.319 e. The molecule has 7 nitrogen and oxygen atoms in total. The van der Waals surface area contributed by atoms with Crippen molar-refractivity contribution in [3.05, 3.63) is 18.2 Å². The van der Waals surface area contributed by atoms with Gasteiger partial charge in [0.15, 0.2) is 9.84 Å². The van der Waals surface area contributed by atoms with Crippen molar-refractivity contribution in [2.45, 2.75) is 30.2 Å². The van der Waals surface area contributed by atoms with E-state index in [9.17, 15) is 13.2 Å². The first-order chi connectivity index (χ1) is 11.3. The van der Waals surface area contributed by atoms with Gasteiger partial charge >= 0.3 is 6.03 Å². The van der Waals surface area contributed by atoms with Crippen LogP contribution in [0.5, 0.6) is 5.75 Å². The lowest BCUT2D eigenvalue weighted by molar-refractivity contribution is 0.0548. The van der Waals surface area contributed by atoms with Crippen LogP contribution in [0.1, 0.15) is 19.3 Å². The molecule has 0 aromatic heterocycles. The molecule has 1 saturated heterocycles. The van der Waals surface area contributed by atoms with Crippen LogP contribution in [0.15, 0.2) is 23.1 Å². The third kappa shape index (κ3) is 3.64. The molecule has 1 aliphatic heterocycles. The van der Waals surface area contributed by atoms with Crippen LogP contribution in [0.3, 0.4) is 0 Å². The molecule has 1 spiro atoms. The summed E-state index contributed by atoms with van der Waals surface area (Å²) < 4.78 is 33.9.